The standard InChI is InChI=1S/C17H29N3O/c1-11(2)12-4-8-14(9-5-12)17-19-16(21-20-17)10-15(18-3)13-6-7-13/h11-15,18H,4-10H2,1-3H3. The number of nitrogens with zero attached hydrogens (tertiary/aromatic N) is 2. The van der Waals surface area contributed by atoms with Crippen molar-refractivity contribution < 1.29 is 4.52 Å². The molecule has 2 aliphatic rings. The number of rotatable bonds is 6. The van der Waals surface area contributed by atoms with Gasteiger partial charge >= 0.3 is 0 Å². The number of aromatic nitrogens is 2. The Hall–Kier alpha value is -0.900. The first-order chi connectivity index (χ1) is 10.2. The second kappa shape index (κ2) is 6.47. The topological polar surface area (TPSA) is 51.0 Å². The normalized spacial score (nSPS) is 28.0. The molecule has 0 aliphatic heterocycles. The van der Waals surface area contributed by atoms with Crippen LogP contribution in [0.15, 0.2) is 4.52 Å². The van der Waals surface area contributed by atoms with E-state index in [9.17, 15) is 0 Å². The zero-order chi connectivity index (χ0) is 14.8. The van der Waals surface area contributed by atoms with Gasteiger partial charge in [0.25, 0.3) is 0 Å². The molecule has 0 aromatic carbocycles. The molecule has 1 heterocycles. The molecule has 3 rings (SSSR count). The average Bonchev–Trinajstić information content (AvgIpc) is 3.23. The van der Waals surface area contributed by atoms with Gasteiger partial charge in [-0.1, -0.05) is 19.0 Å². The summed E-state index contributed by atoms with van der Waals surface area (Å²) in [5, 5.41) is 7.65. The predicted octanol–water partition coefficient (Wildman–Crippen LogP) is 3.54. The molecule has 0 saturated heterocycles. The molecule has 1 unspecified atom stereocenters. The molecule has 0 spiro atoms. The lowest BCUT2D eigenvalue weighted by molar-refractivity contribution is 0.251. The highest BCUT2D eigenvalue weighted by Crippen LogP contribution is 2.38. The molecule has 0 bridgehead atoms. The summed E-state index contributed by atoms with van der Waals surface area (Å²) in [4.78, 5) is 4.68. The van der Waals surface area contributed by atoms with Crippen LogP contribution in [0.2, 0.25) is 0 Å². The minimum atomic E-state index is 0.509. The third-order valence-electron chi connectivity index (χ3n) is 5.52. The highest BCUT2D eigenvalue weighted by atomic mass is 16.5. The van der Waals surface area contributed by atoms with Gasteiger partial charge in [-0.15, -0.1) is 0 Å². The summed E-state index contributed by atoms with van der Waals surface area (Å²) in [5.41, 5.74) is 0. The van der Waals surface area contributed by atoms with Crippen LogP contribution < -0.4 is 5.32 Å². The van der Waals surface area contributed by atoms with E-state index in [0.29, 0.717) is 12.0 Å². The van der Waals surface area contributed by atoms with Crippen molar-refractivity contribution in [3.05, 3.63) is 11.7 Å². The molecule has 2 fully saturated rings. The van der Waals surface area contributed by atoms with E-state index in [4.69, 9.17) is 4.52 Å². The van der Waals surface area contributed by atoms with Crippen molar-refractivity contribution in [3.8, 4) is 0 Å². The minimum absolute atomic E-state index is 0.509. The lowest BCUT2D eigenvalue weighted by Crippen LogP contribution is -2.29. The van der Waals surface area contributed by atoms with Gasteiger partial charge in [-0.2, -0.15) is 4.98 Å². The van der Waals surface area contributed by atoms with Crippen molar-refractivity contribution in [2.75, 3.05) is 7.05 Å². The van der Waals surface area contributed by atoms with Gasteiger partial charge in [0.2, 0.25) is 5.89 Å². The monoisotopic (exact) mass is 291 g/mol. The van der Waals surface area contributed by atoms with E-state index in [0.717, 1.165) is 35.9 Å². The molecule has 118 valence electrons. The average molecular weight is 291 g/mol. The van der Waals surface area contributed by atoms with Crippen molar-refractivity contribution in [2.24, 2.45) is 17.8 Å². The molecule has 1 N–H and O–H groups in total. The molecular weight excluding hydrogens is 262 g/mol. The van der Waals surface area contributed by atoms with Crippen LogP contribution in [0.5, 0.6) is 0 Å². The first-order valence-corrected chi connectivity index (χ1v) is 8.67. The Balaban J connectivity index is 1.55. The second-order valence-electron chi connectivity index (χ2n) is 7.34. The van der Waals surface area contributed by atoms with Gasteiger partial charge in [-0.25, -0.2) is 0 Å². The fourth-order valence-electron chi connectivity index (χ4n) is 3.75. The van der Waals surface area contributed by atoms with E-state index in [1.807, 2.05) is 7.05 Å². The van der Waals surface area contributed by atoms with Gasteiger partial charge in [-0.05, 0) is 63.3 Å². The SMILES string of the molecule is CNC(Cc1nc(C2CCC(C(C)C)CC2)no1)C1CC1. The van der Waals surface area contributed by atoms with Gasteiger partial charge in [0.05, 0.1) is 0 Å². The molecule has 1 atom stereocenters. The van der Waals surface area contributed by atoms with E-state index in [-0.39, 0.29) is 0 Å². The Morgan fingerprint density at radius 3 is 2.33 bits per heavy atom. The van der Waals surface area contributed by atoms with Crippen LogP contribution in [0.1, 0.15) is 70.0 Å². The molecule has 4 nitrogen and oxygen atoms in total. The molecule has 2 saturated carbocycles. The zero-order valence-electron chi connectivity index (χ0n) is 13.6. The van der Waals surface area contributed by atoms with Crippen molar-refractivity contribution in [2.45, 2.75) is 70.8 Å². The maximum Gasteiger partial charge on any atom is 0.228 e. The van der Waals surface area contributed by atoms with Crippen molar-refractivity contribution >= 4 is 0 Å². The fraction of sp³-hybridized carbons (Fsp3) is 0.882. The van der Waals surface area contributed by atoms with Crippen molar-refractivity contribution in [1.29, 1.82) is 0 Å². The number of nitrogens with one attached hydrogen (secondary N) is 1. The van der Waals surface area contributed by atoms with Crippen LogP contribution in [0.3, 0.4) is 0 Å². The first kappa shape index (κ1) is 15.0. The van der Waals surface area contributed by atoms with E-state index in [1.165, 1.54) is 38.5 Å². The van der Waals surface area contributed by atoms with Crippen LogP contribution in [0.4, 0.5) is 0 Å². The van der Waals surface area contributed by atoms with E-state index >= 15 is 0 Å². The Morgan fingerprint density at radius 1 is 1.10 bits per heavy atom. The van der Waals surface area contributed by atoms with Gasteiger partial charge in [-0.3, -0.25) is 0 Å². The summed E-state index contributed by atoms with van der Waals surface area (Å²) < 4.78 is 5.50. The summed E-state index contributed by atoms with van der Waals surface area (Å²) in [5.74, 6) is 4.80. The first-order valence-electron chi connectivity index (χ1n) is 8.67. The van der Waals surface area contributed by atoms with Crippen LogP contribution in [0, 0.1) is 17.8 Å². The van der Waals surface area contributed by atoms with Crippen LogP contribution >= 0.6 is 0 Å². The van der Waals surface area contributed by atoms with E-state index < -0.39 is 0 Å². The number of likely N-dealkylation sites (N-methyl/N-ethyl adjacent to an activating group) is 1. The molecule has 1 aromatic heterocycles. The zero-order valence-corrected chi connectivity index (χ0v) is 13.6. The van der Waals surface area contributed by atoms with Crippen LogP contribution in [-0.2, 0) is 6.42 Å². The van der Waals surface area contributed by atoms with E-state index in [2.05, 4.69) is 29.3 Å². The van der Waals surface area contributed by atoms with Gasteiger partial charge in [0.1, 0.15) is 0 Å². The summed E-state index contributed by atoms with van der Waals surface area (Å²) in [7, 11) is 2.04. The third-order valence-corrected chi connectivity index (χ3v) is 5.52. The van der Waals surface area contributed by atoms with Crippen molar-refractivity contribution in [1.82, 2.24) is 15.5 Å². The molecular formula is C17H29N3O. The fourth-order valence-corrected chi connectivity index (χ4v) is 3.75. The quantitative estimate of drug-likeness (QED) is 0.871. The Bertz CT molecular complexity index is 445. The Kier molecular flexibility index (Phi) is 4.63. The van der Waals surface area contributed by atoms with E-state index in [1.54, 1.807) is 0 Å². The highest BCUT2D eigenvalue weighted by molar-refractivity contribution is 5.00. The highest BCUT2D eigenvalue weighted by Gasteiger charge is 2.32. The van der Waals surface area contributed by atoms with Gasteiger partial charge < -0.3 is 9.84 Å². The van der Waals surface area contributed by atoms with Crippen LogP contribution in [0.25, 0.3) is 0 Å². The smallest absolute Gasteiger partial charge is 0.228 e. The molecule has 4 heteroatoms. The summed E-state index contributed by atoms with van der Waals surface area (Å²) in [6.07, 6.45) is 8.63. The van der Waals surface area contributed by atoms with Crippen molar-refractivity contribution in [3.63, 3.8) is 0 Å². The molecule has 2 aliphatic carbocycles. The van der Waals surface area contributed by atoms with Gasteiger partial charge in [0, 0.05) is 18.4 Å². The number of hydrogen-bond acceptors (Lipinski definition) is 4. The summed E-state index contributed by atoms with van der Waals surface area (Å²) >= 11 is 0. The lowest BCUT2D eigenvalue weighted by atomic mass is 9.77. The number of hydrogen-bond donors (Lipinski definition) is 1. The summed E-state index contributed by atoms with van der Waals surface area (Å²) in [6, 6.07) is 0.509. The second-order valence-corrected chi connectivity index (χ2v) is 7.34. The Labute approximate surface area is 128 Å². The molecule has 21 heavy (non-hydrogen) atoms. The third kappa shape index (κ3) is 3.65. The maximum absolute atomic E-state index is 5.50. The molecule has 1 aromatic rings. The van der Waals surface area contributed by atoms with Crippen LogP contribution in [-0.4, -0.2) is 23.2 Å². The predicted molar refractivity (Wildman–Crippen MR) is 83.1 cm³/mol. The molecule has 0 radical (unpaired) electrons. The molecule has 0 amide bonds. The largest absolute Gasteiger partial charge is 0.339 e. The lowest BCUT2D eigenvalue weighted by Gasteiger charge is -2.29. The van der Waals surface area contributed by atoms with Gasteiger partial charge in [0.15, 0.2) is 5.82 Å². The summed E-state index contributed by atoms with van der Waals surface area (Å²) in [6.45, 7) is 4.68. The maximum atomic E-state index is 5.50. The Morgan fingerprint density at radius 2 is 1.76 bits per heavy atom. The minimum Gasteiger partial charge on any atom is -0.339 e.